The molecule has 0 aliphatic heterocycles. The van der Waals surface area contributed by atoms with Gasteiger partial charge >= 0.3 is 0 Å². The van der Waals surface area contributed by atoms with Crippen molar-refractivity contribution in [2.45, 2.75) is 0 Å². The van der Waals surface area contributed by atoms with Crippen LogP contribution in [0.15, 0.2) is 24.4 Å². The zero-order chi connectivity index (χ0) is 7.40. The van der Waals surface area contributed by atoms with E-state index in [1.54, 1.807) is 12.1 Å². The van der Waals surface area contributed by atoms with Crippen LogP contribution in [0.3, 0.4) is 0 Å². The summed E-state index contributed by atoms with van der Waals surface area (Å²) in [6.45, 7) is 0. The molecule has 5 nitrogen and oxygen atoms in total. The number of rotatable bonds is 1. The van der Waals surface area contributed by atoms with Gasteiger partial charge in [-0.25, -0.2) is 5.48 Å². The highest BCUT2D eigenvalue weighted by molar-refractivity contribution is 5.91. The van der Waals surface area contributed by atoms with Gasteiger partial charge in [0.1, 0.15) is 5.69 Å². The molecule has 1 amide bonds. The number of nitrogens with zero attached hydrogens (tertiary/aromatic N) is 1. The highest BCUT2D eigenvalue weighted by Crippen LogP contribution is 1.90. The van der Waals surface area contributed by atoms with Crippen molar-refractivity contribution in [1.82, 2.24) is 10.5 Å². The maximum Gasteiger partial charge on any atom is 0.293 e. The Morgan fingerprint density at radius 3 is 2.73 bits per heavy atom. The number of hydroxylamine groups is 1. The van der Waals surface area contributed by atoms with Crippen LogP contribution in [0.1, 0.15) is 10.5 Å². The molecule has 1 rings (SSSR count). The molecule has 0 aromatic carbocycles. The van der Waals surface area contributed by atoms with Gasteiger partial charge in [-0.3, -0.25) is 15.0 Å². The lowest BCUT2D eigenvalue weighted by Gasteiger charge is -1.93. The van der Waals surface area contributed by atoms with Crippen molar-refractivity contribution in [2.24, 2.45) is 0 Å². The summed E-state index contributed by atoms with van der Waals surface area (Å²) in [7, 11) is 0. The molecule has 1 heterocycles. The van der Waals surface area contributed by atoms with Crippen LogP contribution in [-0.2, 0) is 0 Å². The lowest BCUT2D eigenvalue weighted by molar-refractivity contribution is 0.0701. The van der Waals surface area contributed by atoms with Crippen LogP contribution in [0.5, 0.6) is 0 Å². The van der Waals surface area contributed by atoms with Gasteiger partial charge in [0.15, 0.2) is 0 Å². The predicted octanol–water partition coefficient (Wildman–Crippen LogP) is -0.624. The second kappa shape index (κ2) is 4.37. The van der Waals surface area contributed by atoms with Crippen molar-refractivity contribution in [3.8, 4) is 0 Å². The molecule has 60 valence electrons. The number of nitrogens with one attached hydrogen (secondary N) is 1. The van der Waals surface area contributed by atoms with Gasteiger partial charge in [-0.05, 0) is 12.1 Å². The Morgan fingerprint density at radius 2 is 2.27 bits per heavy atom. The lowest BCUT2D eigenvalue weighted by Crippen LogP contribution is -2.19. The zero-order valence-corrected chi connectivity index (χ0v) is 5.61. The Labute approximate surface area is 63.0 Å². The third-order valence-electron chi connectivity index (χ3n) is 0.999. The molecule has 1 aromatic heterocycles. The minimum Gasteiger partial charge on any atom is -0.412 e. The molecule has 0 unspecified atom stereocenters. The maximum atomic E-state index is 10.6. The van der Waals surface area contributed by atoms with Gasteiger partial charge < -0.3 is 5.48 Å². The number of amides is 1. The summed E-state index contributed by atoms with van der Waals surface area (Å²) < 4.78 is 0. The first-order valence-electron chi connectivity index (χ1n) is 2.70. The number of aromatic nitrogens is 1. The summed E-state index contributed by atoms with van der Waals surface area (Å²) in [4.78, 5) is 14.3. The van der Waals surface area contributed by atoms with Crippen molar-refractivity contribution >= 4 is 5.91 Å². The predicted molar refractivity (Wildman–Crippen MR) is 37.1 cm³/mol. The van der Waals surface area contributed by atoms with Crippen LogP contribution in [0.4, 0.5) is 0 Å². The second-order valence-electron chi connectivity index (χ2n) is 1.66. The maximum absolute atomic E-state index is 10.6. The Hall–Kier alpha value is -1.46. The molecular weight excluding hydrogens is 148 g/mol. The highest BCUT2D eigenvalue weighted by atomic mass is 16.5. The second-order valence-corrected chi connectivity index (χ2v) is 1.66. The van der Waals surface area contributed by atoms with Crippen molar-refractivity contribution in [3.05, 3.63) is 30.1 Å². The van der Waals surface area contributed by atoms with E-state index in [1.165, 1.54) is 17.7 Å². The van der Waals surface area contributed by atoms with E-state index in [9.17, 15) is 4.79 Å². The van der Waals surface area contributed by atoms with E-state index in [4.69, 9.17) is 5.21 Å². The molecule has 4 N–H and O–H groups in total. The fourth-order valence-electron chi connectivity index (χ4n) is 0.554. The highest BCUT2D eigenvalue weighted by Gasteiger charge is 2.01. The fourth-order valence-corrected chi connectivity index (χ4v) is 0.554. The van der Waals surface area contributed by atoms with Gasteiger partial charge in [0.25, 0.3) is 5.91 Å². The van der Waals surface area contributed by atoms with Gasteiger partial charge in [0, 0.05) is 6.20 Å². The quantitative estimate of drug-likeness (QED) is 0.419. The van der Waals surface area contributed by atoms with Gasteiger partial charge in [-0.2, -0.15) is 0 Å². The Morgan fingerprint density at radius 1 is 1.55 bits per heavy atom. The molecule has 0 bridgehead atoms. The van der Waals surface area contributed by atoms with Gasteiger partial charge in [0.2, 0.25) is 0 Å². The zero-order valence-electron chi connectivity index (χ0n) is 5.61. The molecule has 0 aliphatic rings. The number of hydrogen-bond acceptors (Lipinski definition) is 3. The summed E-state index contributed by atoms with van der Waals surface area (Å²) in [5.41, 5.74) is 1.68. The normalized spacial score (nSPS) is 8.09. The summed E-state index contributed by atoms with van der Waals surface area (Å²) in [6, 6.07) is 4.86. The first-order valence-corrected chi connectivity index (χ1v) is 2.70. The topological polar surface area (TPSA) is 93.7 Å². The number of carbonyl (C=O) groups is 1. The molecular formula is C6H8N2O3. The molecule has 0 spiro atoms. The molecule has 0 saturated carbocycles. The summed E-state index contributed by atoms with van der Waals surface area (Å²) >= 11 is 0. The van der Waals surface area contributed by atoms with Gasteiger partial charge in [-0.1, -0.05) is 6.07 Å². The van der Waals surface area contributed by atoms with Crippen molar-refractivity contribution in [2.75, 3.05) is 0 Å². The first kappa shape index (κ1) is 9.54. The summed E-state index contributed by atoms with van der Waals surface area (Å²) in [5, 5.41) is 8.15. The molecule has 0 atom stereocenters. The Balaban J connectivity index is 0.000001000. The van der Waals surface area contributed by atoms with Crippen LogP contribution in [0.2, 0.25) is 0 Å². The van der Waals surface area contributed by atoms with Gasteiger partial charge in [0.05, 0.1) is 0 Å². The van der Waals surface area contributed by atoms with E-state index in [-0.39, 0.29) is 11.2 Å². The number of pyridine rings is 1. The molecule has 5 heteroatoms. The molecule has 1 aromatic rings. The van der Waals surface area contributed by atoms with Crippen molar-refractivity contribution < 1.29 is 15.5 Å². The first-order chi connectivity index (χ1) is 4.84. The third kappa shape index (κ3) is 2.32. The smallest absolute Gasteiger partial charge is 0.293 e. The fraction of sp³-hybridized carbons (Fsp3) is 0. The molecule has 0 radical (unpaired) electrons. The minimum absolute atomic E-state index is 0. The average Bonchev–Trinajstić information content (AvgIpc) is 2.05. The Kier molecular flexibility index (Phi) is 3.79. The third-order valence-corrected chi connectivity index (χ3v) is 0.999. The van der Waals surface area contributed by atoms with Crippen LogP contribution in [0.25, 0.3) is 0 Å². The molecule has 0 aliphatic carbocycles. The number of carbonyl (C=O) groups excluding carboxylic acids is 1. The van der Waals surface area contributed by atoms with E-state index in [1.807, 2.05) is 0 Å². The van der Waals surface area contributed by atoms with E-state index in [0.29, 0.717) is 0 Å². The van der Waals surface area contributed by atoms with Crippen molar-refractivity contribution in [1.29, 1.82) is 0 Å². The number of hydrogen-bond donors (Lipinski definition) is 2. The van der Waals surface area contributed by atoms with Crippen LogP contribution >= 0.6 is 0 Å². The minimum atomic E-state index is -0.597. The van der Waals surface area contributed by atoms with E-state index < -0.39 is 5.91 Å². The van der Waals surface area contributed by atoms with Crippen molar-refractivity contribution in [3.63, 3.8) is 0 Å². The molecule has 0 saturated heterocycles. The standard InChI is InChI=1S/C6H6N2O2.H2O/c9-6(8-10)5-3-1-2-4-7-5;/h1-4,10H,(H,8,9);1H2. The molecule has 11 heavy (non-hydrogen) atoms. The molecule has 0 fully saturated rings. The Bertz CT molecular complexity index is 225. The summed E-state index contributed by atoms with van der Waals surface area (Å²) in [6.07, 6.45) is 1.48. The monoisotopic (exact) mass is 156 g/mol. The van der Waals surface area contributed by atoms with E-state index >= 15 is 0 Å². The van der Waals surface area contributed by atoms with Crippen LogP contribution in [0, 0.1) is 0 Å². The lowest BCUT2D eigenvalue weighted by atomic mass is 10.3. The largest absolute Gasteiger partial charge is 0.412 e. The van der Waals surface area contributed by atoms with E-state index in [0.717, 1.165) is 0 Å². The van der Waals surface area contributed by atoms with E-state index in [2.05, 4.69) is 4.98 Å². The SMILES string of the molecule is O.O=C(NO)c1ccccn1. The average molecular weight is 156 g/mol. The summed E-state index contributed by atoms with van der Waals surface area (Å²) in [5.74, 6) is -0.597. The van der Waals surface area contributed by atoms with Gasteiger partial charge in [-0.15, -0.1) is 0 Å². The van der Waals surface area contributed by atoms with Crippen LogP contribution < -0.4 is 5.48 Å². The van der Waals surface area contributed by atoms with Crippen LogP contribution in [-0.4, -0.2) is 21.6 Å².